The normalized spacial score (nSPS) is 29.5. The van der Waals surface area contributed by atoms with E-state index in [9.17, 15) is 5.11 Å². The molecule has 2 N–H and O–H groups in total. The molecule has 3 rings (SSSR count). The Kier molecular flexibility index (Phi) is 6.37. The van der Waals surface area contributed by atoms with Gasteiger partial charge in [0.1, 0.15) is 11.9 Å². The van der Waals surface area contributed by atoms with Crippen LogP contribution in [-0.2, 0) is 0 Å². The first kappa shape index (κ1) is 18.0. The standard InChI is InChI=1S/C20H34N2O2/c1-15-5-3-6-18(13-15)22-10-8-17(9-11-22)21-16(2)14-19(23)20-7-4-12-24-20/h4,7,12,15-19,21,23H,3,5-6,8-11,13-14H2,1-2H3. The number of hydrogen-bond acceptors (Lipinski definition) is 4. The zero-order valence-electron chi connectivity index (χ0n) is 15.3. The molecule has 2 aliphatic rings. The first-order valence-corrected chi connectivity index (χ1v) is 9.83. The minimum Gasteiger partial charge on any atom is -0.467 e. The van der Waals surface area contributed by atoms with Crippen LogP contribution in [-0.4, -0.2) is 41.2 Å². The summed E-state index contributed by atoms with van der Waals surface area (Å²) in [7, 11) is 0. The summed E-state index contributed by atoms with van der Waals surface area (Å²) < 4.78 is 5.29. The molecule has 0 aromatic carbocycles. The van der Waals surface area contributed by atoms with Gasteiger partial charge in [-0.15, -0.1) is 0 Å². The van der Waals surface area contributed by atoms with Gasteiger partial charge in [-0.3, -0.25) is 0 Å². The molecule has 0 bridgehead atoms. The monoisotopic (exact) mass is 334 g/mol. The lowest BCUT2D eigenvalue weighted by Crippen LogP contribution is -2.49. The Labute approximate surface area is 146 Å². The molecule has 136 valence electrons. The van der Waals surface area contributed by atoms with Crippen LogP contribution in [0.1, 0.15) is 70.7 Å². The van der Waals surface area contributed by atoms with Crippen LogP contribution in [0, 0.1) is 5.92 Å². The Bertz CT molecular complexity index is 468. The highest BCUT2D eigenvalue weighted by atomic mass is 16.4. The molecular formula is C20H34N2O2. The number of rotatable bonds is 6. The summed E-state index contributed by atoms with van der Waals surface area (Å²) in [6.45, 7) is 7.03. The molecular weight excluding hydrogens is 300 g/mol. The van der Waals surface area contributed by atoms with Crippen molar-refractivity contribution in [2.24, 2.45) is 5.92 Å². The third-order valence-corrected chi connectivity index (χ3v) is 5.92. The summed E-state index contributed by atoms with van der Waals surface area (Å²) in [5.41, 5.74) is 0. The molecule has 24 heavy (non-hydrogen) atoms. The van der Waals surface area contributed by atoms with E-state index in [1.54, 1.807) is 6.26 Å². The van der Waals surface area contributed by atoms with Crippen molar-refractivity contribution in [3.05, 3.63) is 24.2 Å². The maximum absolute atomic E-state index is 10.2. The van der Waals surface area contributed by atoms with Crippen LogP contribution in [0.3, 0.4) is 0 Å². The van der Waals surface area contributed by atoms with Gasteiger partial charge in [0.2, 0.25) is 0 Å². The molecule has 1 aromatic heterocycles. The molecule has 4 heteroatoms. The fourth-order valence-corrected chi connectivity index (χ4v) is 4.57. The third kappa shape index (κ3) is 4.84. The SMILES string of the molecule is CC1CCCC(N2CCC(NC(C)CC(O)c3ccco3)CC2)C1. The van der Waals surface area contributed by atoms with Gasteiger partial charge in [0.15, 0.2) is 0 Å². The molecule has 4 atom stereocenters. The second-order valence-corrected chi connectivity index (χ2v) is 8.07. The number of likely N-dealkylation sites (tertiary alicyclic amines) is 1. The number of nitrogens with zero attached hydrogens (tertiary/aromatic N) is 1. The fraction of sp³-hybridized carbons (Fsp3) is 0.800. The molecule has 1 saturated carbocycles. The molecule has 1 aliphatic carbocycles. The first-order chi connectivity index (χ1) is 11.6. The van der Waals surface area contributed by atoms with E-state index in [1.165, 1.54) is 51.6 Å². The minimum atomic E-state index is -0.508. The highest BCUT2D eigenvalue weighted by Crippen LogP contribution is 2.29. The lowest BCUT2D eigenvalue weighted by Gasteiger charge is -2.41. The van der Waals surface area contributed by atoms with Gasteiger partial charge in [0.25, 0.3) is 0 Å². The first-order valence-electron chi connectivity index (χ1n) is 9.83. The van der Waals surface area contributed by atoms with E-state index < -0.39 is 6.10 Å². The predicted molar refractivity (Wildman–Crippen MR) is 96.9 cm³/mol. The maximum atomic E-state index is 10.2. The van der Waals surface area contributed by atoms with Gasteiger partial charge in [0.05, 0.1) is 6.26 Å². The molecule has 4 nitrogen and oxygen atoms in total. The van der Waals surface area contributed by atoms with E-state index in [4.69, 9.17) is 4.42 Å². The largest absolute Gasteiger partial charge is 0.467 e. The lowest BCUT2D eigenvalue weighted by atomic mass is 9.85. The fourth-order valence-electron chi connectivity index (χ4n) is 4.57. The van der Waals surface area contributed by atoms with Crippen molar-refractivity contribution in [2.75, 3.05) is 13.1 Å². The lowest BCUT2D eigenvalue weighted by molar-refractivity contribution is 0.0921. The van der Waals surface area contributed by atoms with Crippen LogP contribution < -0.4 is 5.32 Å². The van der Waals surface area contributed by atoms with Gasteiger partial charge in [0, 0.05) is 18.1 Å². The summed E-state index contributed by atoms with van der Waals surface area (Å²) in [5.74, 6) is 1.58. The second-order valence-electron chi connectivity index (χ2n) is 8.07. The Balaban J connectivity index is 1.38. The average molecular weight is 335 g/mol. The predicted octanol–water partition coefficient (Wildman–Crippen LogP) is 3.72. The highest BCUT2D eigenvalue weighted by molar-refractivity contribution is 5.02. The summed E-state index contributed by atoms with van der Waals surface area (Å²) >= 11 is 0. The molecule has 1 aromatic rings. The third-order valence-electron chi connectivity index (χ3n) is 5.92. The van der Waals surface area contributed by atoms with E-state index in [1.807, 2.05) is 12.1 Å². The number of hydrogen-bond donors (Lipinski definition) is 2. The van der Waals surface area contributed by atoms with Crippen molar-refractivity contribution >= 4 is 0 Å². The van der Waals surface area contributed by atoms with E-state index in [0.29, 0.717) is 24.3 Å². The zero-order valence-corrected chi connectivity index (χ0v) is 15.3. The topological polar surface area (TPSA) is 48.6 Å². The molecule has 2 heterocycles. The van der Waals surface area contributed by atoms with Gasteiger partial charge in [-0.2, -0.15) is 0 Å². The summed E-state index contributed by atoms with van der Waals surface area (Å²) in [5, 5.41) is 13.9. The average Bonchev–Trinajstić information content (AvgIpc) is 3.10. The molecule has 0 amide bonds. The molecule has 4 unspecified atom stereocenters. The van der Waals surface area contributed by atoms with Crippen molar-refractivity contribution < 1.29 is 9.52 Å². The van der Waals surface area contributed by atoms with Gasteiger partial charge < -0.3 is 19.7 Å². The van der Waals surface area contributed by atoms with Crippen LogP contribution >= 0.6 is 0 Å². The van der Waals surface area contributed by atoms with E-state index in [0.717, 1.165) is 12.0 Å². The quantitative estimate of drug-likeness (QED) is 0.832. The van der Waals surface area contributed by atoms with Crippen molar-refractivity contribution in [3.63, 3.8) is 0 Å². The molecule has 2 fully saturated rings. The van der Waals surface area contributed by atoms with Gasteiger partial charge in [-0.1, -0.05) is 19.8 Å². The zero-order chi connectivity index (χ0) is 16.9. The molecule has 0 spiro atoms. The van der Waals surface area contributed by atoms with Crippen molar-refractivity contribution in [3.8, 4) is 0 Å². The Morgan fingerprint density at radius 2 is 2.08 bits per heavy atom. The summed E-state index contributed by atoms with van der Waals surface area (Å²) in [4.78, 5) is 2.73. The van der Waals surface area contributed by atoms with Crippen molar-refractivity contribution in [2.45, 2.75) is 83.0 Å². The van der Waals surface area contributed by atoms with Crippen LogP contribution in [0.2, 0.25) is 0 Å². The van der Waals surface area contributed by atoms with E-state index in [2.05, 4.69) is 24.1 Å². The maximum Gasteiger partial charge on any atom is 0.132 e. The van der Waals surface area contributed by atoms with E-state index >= 15 is 0 Å². The number of furan rings is 1. The number of nitrogens with one attached hydrogen (secondary N) is 1. The second kappa shape index (κ2) is 8.50. The van der Waals surface area contributed by atoms with Crippen LogP contribution in [0.4, 0.5) is 0 Å². The Morgan fingerprint density at radius 1 is 1.29 bits per heavy atom. The number of piperidine rings is 1. The molecule has 1 saturated heterocycles. The van der Waals surface area contributed by atoms with Gasteiger partial charge in [-0.25, -0.2) is 0 Å². The molecule has 0 radical (unpaired) electrons. The van der Waals surface area contributed by atoms with Crippen LogP contribution in [0.15, 0.2) is 22.8 Å². The Morgan fingerprint density at radius 3 is 2.75 bits per heavy atom. The smallest absolute Gasteiger partial charge is 0.132 e. The minimum absolute atomic E-state index is 0.302. The van der Waals surface area contributed by atoms with Gasteiger partial charge in [-0.05, 0) is 70.2 Å². The van der Waals surface area contributed by atoms with Crippen molar-refractivity contribution in [1.82, 2.24) is 10.2 Å². The van der Waals surface area contributed by atoms with Crippen LogP contribution in [0.5, 0.6) is 0 Å². The summed E-state index contributed by atoms with van der Waals surface area (Å²) in [6, 6.07) is 5.39. The number of aliphatic hydroxyl groups excluding tert-OH is 1. The summed E-state index contributed by atoms with van der Waals surface area (Å²) in [6.07, 6.45) is 9.89. The van der Waals surface area contributed by atoms with Crippen LogP contribution in [0.25, 0.3) is 0 Å². The Hall–Kier alpha value is -0.840. The highest BCUT2D eigenvalue weighted by Gasteiger charge is 2.28. The van der Waals surface area contributed by atoms with E-state index in [-0.39, 0.29) is 0 Å². The van der Waals surface area contributed by atoms with Gasteiger partial charge >= 0.3 is 0 Å². The molecule has 1 aliphatic heterocycles. The number of aliphatic hydroxyl groups is 1. The van der Waals surface area contributed by atoms with Crippen molar-refractivity contribution in [1.29, 1.82) is 0 Å².